The lowest BCUT2D eigenvalue weighted by Gasteiger charge is -2.10. The Bertz CT molecular complexity index is 595. The summed E-state index contributed by atoms with van der Waals surface area (Å²) in [6, 6.07) is 3.53. The van der Waals surface area contributed by atoms with Crippen molar-refractivity contribution in [2.75, 3.05) is 6.61 Å². The molecule has 1 heterocycles. The summed E-state index contributed by atoms with van der Waals surface area (Å²) in [5.74, 6) is -0.197. The van der Waals surface area contributed by atoms with E-state index in [2.05, 4.69) is 42.2 Å². The molecule has 1 aromatic carbocycles. The number of aliphatic hydroxyl groups is 1. The largest absolute Gasteiger partial charge is 0.394 e. The standard InChI is InChI=1S/C12H12Br2N2O2/c1-6(5-17)16-12(18)8-4-15-11-3-10(14)9(13)2-7(8)11/h2-4,6,15,17H,5H2,1H3,(H,16,18)/t6-/m1/s1. The molecule has 0 unspecified atom stereocenters. The summed E-state index contributed by atoms with van der Waals surface area (Å²) in [4.78, 5) is 15.1. The SMILES string of the molecule is C[C@H](CO)NC(=O)c1c[nH]c2cc(Br)c(Br)cc12. The van der Waals surface area contributed by atoms with Crippen LogP contribution in [0.2, 0.25) is 0 Å². The molecule has 4 nitrogen and oxygen atoms in total. The second-order valence-corrected chi connectivity index (χ2v) is 5.78. The fourth-order valence-electron chi connectivity index (χ4n) is 1.65. The lowest BCUT2D eigenvalue weighted by atomic mass is 10.1. The van der Waals surface area contributed by atoms with Crippen LogP contribution in [0.1, 0.15) is 17.3 Å². The van der Waals surface area contributed by atoms with Crippen molar-refractivity contribution < 1.29 is 9.90 Å². The number of aromatic amines is 1. The van der Waals surface area contributed by atoms with E-state index >= 15 is 0 Å². The molecule has 1 aromatic heterocycles. The van der Waals surface area contributed by atoms with E-state index < -0.39 is 0 Å². The summed E-state index contributed by atoms with van der Waals surface area (Å²) < 4.78 is 1.81. The summed E-state index contributed by atoms with van der Waals surface area (Å²) in [7, 11) is 0. The molecule has 0 radical (unpaired) electrons. The third-order valence-electron chi connectivity index (χ3n) is 2.62. The molecule has 1 atom stereocenters. The van der Waals surface area contributed by atoms with Gasteiger partial charge >= 0.3 is 0 Å². The highest BCUT2D eigenvalue weighted by Gasteiger charge is 2.15. The molecule has 2 rings (SSSR count). The lowest BCUT2D eigenvalue weighted by molar-refractivity contribution is 0.0924. The zero-order valence-electron chi connectivity index (χ0n) is 9.63. The predicted octanol–water partition coefficient (Wildman–Crippen LogP) is 2.80. The molecule has 6 heteroatoms. The monoisotopic (exact) mass is 374 g/mol. The highest BCUT2D eigenvalue weighted by Crippen LogP contribution is 2.30. The van der Waals surface area contributed by atoms with Crippen molar-refractivity contribution in [3.05, 3.63) is 32.8 Å². The smallest absolute Gasteiger partial charge is 0.253 e. The van der Waals surface area contributed by atoms with Gasteiger partial charge < -0.3 is 15.4 Å². The number of benzene rings is 1. The number of hydrogen-bond acceptors (Lipinski definition) is 2. The van der Waals surface area contributed by atoms with Crippen molar-refractivity contribution in [1.29, 1.82) is 0 Å². The van der Waals surface area contributed by atoms with Crippen LogP contribution in [0, 0.1) is 0 Å². The van der Waals surface area contributed by atoms with Crippen LogP contribution in [-0.2, 0) is 0 Å². The number of rotatable bonds is 3. The Labute approximate surface area is 121 Å². The van der Waals surface area contributed by atoms with Gasteiger partial charge in [-0.1, -0.05) is 0 Å². The highest BCUT2D eigenvalue weighted by atomic mass is 79.9. The molecule has 2 aromatic rings. The summed E-state index contributed by atoms with van der Waals surface area (Å²) in [6.07, 6.45) is 1.67. The molecule has 0 bridgehead atoms. The van der Waals surface area contributed by atoms with Crippen LogP contribution in [0.3, 0.4) is 0 Å². The second-order valence-electron chi connectivity index (χ2n) is 4.07. The molecule has 0 aliphatic carbocycles. The van der Waals surface area contributed by atoms with E-state index in [1.165, 1.54) is 0 Å². The van der Waals surface area contributed by atoms with Gasteiger partial charge in [-0.3, -0.25) is 4.79 Å². The van der Waals surface area contributed by atoms with Gasteiger partial charge in [0.2, 0.25) is 0 Å². The zero-order chi connectivity index (χ0) is 13.3. The van der Waals surface area contributed by atoms with Crippen LogP contribution in [0.5, 0.6) is 0 Å². The van der Waals surface area contributed by atoms with Gasteiger partial charge in [-0.05, 0) is 50.9 Å². The number of fused-ring (bicyclic) bond motifs is 1. The first kappa shape index (κ1) is 13.6. The van der Waals surface area contributed by atoms with Crippen molar-refractivity contribution in [1.82, 2.24) is 10.3 Å². The van der Waals surface area contributed by atoms with Crippen LogP contribution < -0.4 is 5.32 Å². The average molecular weight is 376 g/mol. The number of halogens is 2. The molecule has 0 aliphatic heterocycles. The molecule has 18 heavy (non-hydrogen) atoms. The predicted molar refractivity (Wildman–Crippen MR) is 77.7 cm³/mol. The van der Waals surface area contributed by atoms with Gasteiger partial charge in [0.1, 0.15) is 0 Å². The van der Waals surface area contributed by atoms with Gasteiger partial charge in [0.25, 0.3) is 5.91 Å². The quantitative estimate of drug-likeness (QED) is 0.772. The van der Waals surface area contributed by atoms with Crippen LogP contribution in [0.4, 0.5) is 0 Å². The van der Waals surface area contributed by atoms with Gasteiger partial charge in [0.15, 0.2) is 0 Å². The van der Waals surface area contributed by atoms with Gasteiger partial charge in [-0.25, -0.2) is 0 Å². The number of carbonyl (C=O) groups excluding carboxylic acids is 1. The molecule has 0 spiro atoms. The van der Waals surface area contributed by atoms with Crippen LogP contribution in [0.15, 0.2) is 27.3 Å². The lowest BCUT2D eigenvalue weighted by Crippen LogP contribution is -2.34. The van der Waals surface area contributed by atoms with Gasteiger partial charge in [0.05, 0.1) is 12.2 Å². The summed E-state index contributed by atoms with van der Waals surface area (Å²) in [5, 5.41) is 12.5. The van der Waals surface area contributed by atoms with E-state index in [9.17, 15) is 4.79 Å². The van der Waals surface area contributed by atoms with Crippen molar-refractivity contribution in [3.8, 4) is 0 Å². The van der Waals surface area contributed by atoms with Crippen LogP contribution in [0.25, 0.3) is 10.9 Å². The number of amides is 1. The van der Waals surface area contributed by atoms with Crippen molar-refractivity contribution in [2.45, 2.75) is 13.0 Å². The molecule has 96 valence electrons. The first-order chi connectivity index (χ1) is 8.52. The molecule has 3 N–H and O–H groups in total. The Morgan fingerprint density at radius 3 is 2.78 bits per heavy atom. The van der Waals surface area contributed by atoms with E-state index in [1.807, 2.05) is 12.1 Å². The average Bonchev–Trinajstić information content (AvgIpc) is 2.72. The maximum Gasteiger partial charge on any atom is 0.253 e. The number of hydrogen-bond donors (Lipinski definition) is 3. The number of carbonyl (C=O) groups is 1. The summed E-state index contributed by atoms with van der Waals surface area (Å²) >= 11 is 6.83. The van der Waals surface area contributed by atoms with Gasteiger partial charge in [0, 0.05) is 32.1 Å². The second kappa shape index (κ2) is 5.42. The van der Waals surface area contributed by atoms with Crippen molar-refractivity contribution >= 4 is 48.7 Å². The van der Waals surface area contributed by atoms with Crippen molar-refractivity contribution in [2.24, 2.45) is 0 Å². The highest BCUT2D eigenvalue weighted by molar-refractivity contribution is 9.13. The first-order valence-corrected chi connectivity index (χ1v) is 6.99. The normalized spacial score (nSPS) is 12.7. The van der Waals surface area contributed by atoms with E-state index in [4.69, 9.17) is 5.11 Å². The topological polar surface area (TPSA) is 65.1 Å². The minimum absolute atomic E-state index is 0.0800. The van der Waals surface area contributed by atoms with E-state index in [1.54, 1.807) is 13.1 Å². The zero-order valence-corrected chi connectivity index (χ0v) is 12.8. The molecule has 0 aliphatic rings. The van der Waals surface area contributed by atoms with Gasteiger partial charge in [-0.15, -0.1) is 0 Å². The van der Waals surface area contributed by atoms with E-state index in [0.29, 0.717) is 5.56 Å². The number of aliphatic hydroxyl groups excluding tert-OH is 1. The Morgan fingerprint density at radius 2 is 2.11 bits per heavy atom. The number of nitrogens with one attached hydrogen (secondary N) is 2. The maximum atomic E-state index is 12.0. The molecule has 0 saturated heterocycles. The van der Waals surface area contributed by atoms with Gasteiger partial charge in [-0.2, -0.15) is 0 Å². The molecule has 0 fully saturated rings. The molecule has 1 amide bonds. The minimum atomic E-state index is -0.263. The third kappa shape index (κ3) is 2.60. The fraction of sp³-hybridized carbons (Fsp3) is 0.250. The first-order valence-electron chi connectivity index (χ1n) is 5.40. The third-order valence-corrected chi connectivity index (χ3v) is 4.46. The van der Waals surface area contributed by atoms with Crippen LogP contribution in [-0.4, -0.2) is 28.6 Å². The summed E-state index contributed by atoms with van der Waals surface area (Å²) in [6.45, 7) is 1.67. The van der Waals surface area contributed by atoms with Crippen LogP contribution >= 0.6 is 31.9 Å². The Balaban J connectivity index is 2.40. The molecule has 0 saturated carbocycles. The Hall–Kier alpha value is -0.850. The van der Waals surface area contributed by atoms with Crippen molar-refractivity contribution in [3.63, 3.8) is 0 Å². The Morgan fingerprint density at radius 1 is 1.44 bits per heavy atom. The van der Waals surface area contributed by atoms with E-state index in [-0.39, 0.29) is 18.6 Å². The summed E-state index contributed by atoms with van der Waals surface area (Å²) in [5.41, 5.74) is 1.45. The molecular formula is C12H12Br2N2O2. The Kier molecular flexibility index (Phi) is 4.09. The fourth-order valence-corrected chi connectivity index (χ4v) is 2.34. The van der Waals surface area contributed by atoms with E-state index in [0.717, 1.165) is 19.8 Å². The maximum absolute atomic E-state index is 12.0. The number of H-pyrrole nitrogens is 1. The number of aromatic nitrogens is 1. The minimum Gasteiger partial charge on any atom is -0.394 e. The molecular weight excluding hydrogens is 364 g/mol.